The summed E-state index contributed by atoms with van der Waals surface area (Å²) in [6.07, 6.45) is 0. The molecular formula is C4H5N3O2S. The number of aromatic nitrogens is 1. The average Bonchev–Trinajstić information content (AvgIpc) is 2.10. The molecule has 0 atom stereocenters. The first kappa shape index (κ1) is 6.81. The van der Waals surface area contributed by atoms with E-state index >= 15 is 0 Å². The van der Waals surface area contributed by atoms with Crippen LogP contribution in [0.5, 0.6) is 0 Å². The summed E-state index contributed by atoms with van der Waals surface area (Å²) >= 11 is 0.865. The first-order chi connectivity index (χ1) is 4.61. The summed E-state index contributed by atoms with van der Waals surface area (Å²) in [5.41, 5.74) is 10.4. The fraction of sp³-hybridized carbons (Fsp3) is 0. The molecule has 1 aromatic rings. The highest BCUT2D eigenvalue weighted by Crippen LogP contribution is 2.21. The lowest BCUT2D eigenvalue weighted by molar-refractivity contribution is 0.0703. The molecule has 10 heavy (non-hydrogen) atoms. The number of hydrogen-bond acceptors (Lipinski definition) is 5. The van der Waals surface area contributed by atoms with E-state index in [-0.39, 0.29) is 15.8 Å². The number of carbonyl (C=O) groups is 1. The molecule has 6 heteroatoms. The van der Waals surface area contributed by atoms with Gasteiger partial charge in [0.2, 0.25) is 0 Å². The summed E-state index contributed by atoms with van der Waals surface area (Å²) in [4.78, 5) is 13.8. The number of thiazole rings is 1. The maximum Gasteiger partial charge on any atom is 0.349 e. The molecule has 0 amide bonds. The molecule has 0 unspecified atom stereocenters. The number of aromatic carboxylic acids is 1. The van der Waals surface area contributed by atoms with Crippen LogP contribution in [0.1, 0.15) is 9.67 Å². The van der Waals surface area contributed by atoms with E-state index in [9.17, 15) is 4.79 Å². The molecule has 0 aromatic carbocycles. The summed E-state index contributed by atoms with van der Waals surface area (Å²) in [5, 5.41) is 8.59. The second-order valence-electron chi connectivity index (χ2n) is 1.57. The second-order valence-corrected chi connectivity index (χ2v) is 2.60. The van der Waals surface area contributed by atoms with Gasteiger partial charge in [-0.2, -0.15) is 0 Å². The fourth-order valence-corrected chi connectivity index (χ4v) is 1.09. The minimum absolute atomic E-state index is 0.00231. The Morgan fingerprint density at radius 2 is 2.20 bits per heavy atom. The van der Waals surface area contributed by atoms with Crippen molar-refractivity contribution in [2.24, 2.45) is 0 Å². The van der Waals surface area contributed by atoms with Crippen LogP contribution in [0.3, 0.4) is 0 Å². The maximum absolute atomic E-state index is 10.3. The van der Waals surface area contributed by atoms with Gasteiger partial charge in [-0.15, -0.1) is 0 Å². The van der Waals surface area contributed by atoms with Crippen LogP contribution in [0, 0.1) is 0 Å². The topological polar surface area (TPSA) is 102 Å². The lowest BCUT2D eigenvalue weighted by Gasteiger charge is -1.84. The second kappa shape index (κ2) is 2.14. The van der Waals surface area contributed by atoms with Crippen LogP contribution in [-0.4, -0.2) is 16.1 Å². The zero-order valence-corrected chi connectivity index (χ0v) is 5.68. The predicted molar refractivity (Wildman–Crippen MR) is 37.9 cm³/mol. The lowest BCUT2D eigenvalue weighted by atomic mass is 10.5. The monoisotopic (exact) mass is 159 g/mol. The fourth-order valence-electron chi connectivity index (χ4n) is 0.502. The predicted octanol–water partition coefficient (Wildman–Crippen LogP) is 0.00570. The van der Waals surface area contributed by atoms with Crippen molar-refractivity contribution in [3.8, 4) is 0 Å². The lowest BCUT2D eigenvalue weighted by Crippen LogP contribution is -1.97. The van der Waals surface area contributed by atoms with Gasteiger partial charge in [0.25, 0.3) is 0 Å². The van der Waals surface area contributed by atoms with Crippen molar-refractivity contribution in [2.75, 3.05) is 11.5 Å². The van der Waals surface area contributed by atoms with Crippen LogP contribution < -0.4 is 11.5 Å². The van der Waals surface area contributed by atoms with Gasteiger partial charge < -0.3 is 16.6 Å². The first-order valence-corrected chi connectivity index (χ1v) is 3.18. The molecule has 0 radical (unpaired) electrons. The van der Waals surface area contributed by atoms with Crippen molar-refractivity contribution >= 4 is 28.3 Å². The number of carboxylic acid groups (broad SMARTS) is 1. The molecule has 0 bridgehead atoms. The van der Waals surface area contributed by atoms with Crippen molar-refractivity contribution in [1.82, 2.24) is 4.98 Å². The Hall–Kier alpha value is -1.30. The third kappa shape index (κ3) is 1.01. The van der Waals surface area contributed by atoms with Crippen molar-refractivity contribution < 1.29 is 9.90 Å². The molecular weight excluding hydrogens is 154 g/mol. The molecule has 0 saturated heterocycles. The Morgan fingerprint density at radius 3 is 2.40 bits per heavy atom. The summed E-state index contributed by atoms with van der Waals surface area (Å²) in [6.45, 7) is 0. The molecule has 1 rings (SSSR count). The number of hydrogen-bond donors (Lipinski definition) is 3. The minimum atomic E-state index is -1.09. The SMILES string of the molecule is Nc1nc(N)c(C(=O)O)s1. The van der Waals surface area contributed by atoms with Gasteiger partial charge >= 0.3 is 5.97 Å². The number of nitrogens with zero attached hydrogens (tertiary/aromatic N) is 1. The Balaban J connectivity index is 3.15. The summed E-state index contributed by atoms with van der Waals surface area (Å²) in [6, 6.07) is 0. The number of carboxylic acids is 1. The van der Waals surface area contributed by atoms with Crippen molar-refractivity contribution in [2.45, 2.75) is 0 Å². The Labute approximate surface area is 60.3 Å². The van der Waals surface area contributed by atoms with Crippen LogP contribution in [0.4, 0.5) is 10.9 Å². The average molecular weight is 159 g/mol. The van der Waals surface area contributed by atoms with Crippen molar-refractivity contribution in [3.63, 3.8) is 0 Å². The van der Waals surface area contributed by atoms with Gasteiger partial charge in [0, 0.05) is 0 Å². The van der Waals surface area contributed by atoms with Gasteiger partial charge in [0.05, 0.1) is 0 Å². The van der Waals surface area contributed by atoms with Gasteiger partial charge in [0.15, 0.2) is 15.8 Å². The zero-order chi connectivity index (χ0) is 7.72. The molecule has 5 nitrogen and oxygen atoms in total. The van der Waals surface area contributed by atoms with Gasteiger partial charge in [-0.25, -0.2) is 9.78 Å². The maximum atomic E-state index is 10.3. The highest BCUT2D eigenvalue weighted by atomic mass is 32.1. The van der Waals surface area contributed by atoms with Crippen molar-refractivity contribution in [3.05, 3.63) is 4.88 Å². The van der Waals surface area contributed by atoms with Crippen LogP contribution in [0.2, 0.25) is 0 Å². The molecule has 1 heterocycles. The first-order valence-electron chi connectivity index (χ1n) is 2.36. The number of anilines is 2. The van der Waals surface area contributed by atoms with Gasteiger partial charge in [0.1, 0.15) is 0 Å². The zero-order valence-electron chi connectivity index (χ0n) is 4.87. The summed E-state index contributed by atoms with van der Waals surface area (Å²) in [7, 11) is 0. The number of rotatable bonds is 1. The molecule has 0 saturated carbocycles. The largest absolute Gasteiger partial charge is 0.477 e. The van der Waals surface area contributed by atoms with Gasteiger partial charge in [-0.3, -0.25) is 0 Å². The van der Waals surface area contributed by atoms with Crippen LogP contribution in [0.15, 0.2) is 0 Å². The Morgan fingerprint density at radius 1 is 1.60 bits per heavy atom. The van der Waals surface area contributed by atoms with E-state index < -0.39 is 5.97 Å². The quantitative estimate of drug-likeness (QED) is 0.535. The molecule has 0 aliphatic heterocycles. The Bertz CT molecular complexity index is 269. The third-order valence-electron chi connectivity index (χ3n) is 0.864. The van der Waals surface area contributed by atoms with E-state index in [0.29, 0.717) is 0 Å². The van der Waals surface area contributed by atoms with E-state index in [4.69, 9.17) is 16.6 Å². The summed E-state index contributed by atoms with van der Waals surface area (Å²) in [5.74, 6) is -1.11. The van der Waals surface area contributed by atoms with E-state index in [1.54, 1.807) is 0 Å². The number of nitrogens with two attached hydrogens (primary N) is 2. The minimum Gasteiger partial charge on any atom is -0.477 e. The Kier molecular flexibility index (Phi) is 1.46. The van der Waals surface area contributed by atoms with Gasteiger partial charge in [-0.1, -0.05) is 11.3 Å². The molecule has 54 valence electrons. The third-order valence-corrected chi connectivity index (χ3v) is 1.75. The normalized spacial score (nSPS) is 9.60. The number of nitrogen functional groups attached to an aromatic ring is 2. The van der Waals surface area contributed by atoms with E-state index in [2.05, 4.69) is 4.98 Å². The van der Waals surface area contributed by atoms with Crippen LogP contribution >= 0.6 is 11.3 Å². The molecule has 0 fully saturated rings. The van der Waals surface area contributed by atoms with E-state index in [0.717, 1.165) is 11.3 Å². The van der Waals surface area contributed by atoms with Gasteiger partial charge in [-0.05, 0) is 0 Å². The molecule has 1 aromatic heterocycles. The molecule has 0 spiro atoms. The highest BCUT2D eigenvalue weighted by molar-refractivity contribution is 7.17. The molecule has 0 aliphatic carbocycles. The van der Waals surface area contributed by atoms with E-state index in [1.807, 2.05) is 0 Å². The van der Waals surface area contributed by atoms with Crippen molar-refractivity contribution in [1.29, 1.82) is 0 Å². The smallest absolute Gasteiger partial charge is 0.349 e. The standard InChI is InChI=1S/C4H5N3O2S/c5-2-1(3(8)9)10-4(6)7-2/h5H2,(H2,6,7)(H,8,9). The highest BCUT2D eigenvalue weighted by Gasteiger charge is 2.12. The molecule has 0 aliphatic rings. The summed E-state index contributed by atoms with van der Waals surface area (Å²) < 4.78 is 0. The van der Waals surface area contributed by atoms with Crippen LogP contribution in [0.25, 0.3) is 0 Å². The molecule has 5 N–H and O–H groups in total. The van der Waals surface area contributed by atoms with E-state index in [1.165, 1.54) is 0 Å². The van der Waals surface area contributed by atoms with Crippen LogP contribution in [-0.2, 0) is 0 Å².